The van der Waals surface area contributed by atoms with E-state index in [2.05, 4.69) is 21.5 Å². The van der Waals surface area contributed by atoms with Crippen LogP contribution in [-0.4, -0.2) is 45.0 Å². The molecule has 1 fully saturated rings. The van der Waals surface area contributed by atoms with E-state index < -0.39 is 5.82 Å². The number of pyridine rings is 1. The lowest BCUT2D eigenvalue weighted by atomic mass is 10.3. The minimum Gasteiger partial charge on any atom is -0.472 e. The van der Waals surface area contributed by atoms with Crippen molar-refractivity contribution in [3.8, 4) is 17.5 Å². The molecule has 1 saturated heterocycles. The highest BCUT2D eigenvalue weighted by molar-refractivity contribution is 6.30. The maximum atomic E-state index is 13.4. The van der Waals surface area contributed by atoms with Crippen molar-refractivity contribution >= 4 is 28.5 Å². The number of hydrogen-bond acceptors (Lipinski definition) is 6. The quantitative estimate of drug-likeness (QED) is 0.591. The van der Waals surface area contributed by atoms with Gasteiger partial charge in [0.25, 0.3) is 0 Å². The SMILES string of the molecule is C=CC(=O)N1CCC(Oc2ccc3ncnc(Oc4ccc(F)c(Cl)c4)c3n2)C1. The van der Waals surface area contributed by atoms with E-state index in [0.717, 1.165) is 0 Å². The van der Waals surface area contributed by atoms with Crippen molar-refractivity contribution in [2.24, 2.45) is 0 Å². The first-order valence-corrected chi connectivity index (χ1v) is 9.24. The van der Waals surface area contributed by atoms with Gasteiger partial charge in [-0.1, -0.05) is 18.2 Å². The summed E-state index contributed by atoms with van der Waals surface area (Å²) in [5, 5.41) is -0.0577. The van der Waals surface area contributed by atoms with Gasteiger partial charge in [0, 0.05) is 25.1 Å². The predicted molar refractivity (Wildman–Crippen MR) is 105 cm³/mol. The minimum absolute atomic E-state index is 0.0577. The molecule has 148 valence electrons. The molecule has 1 aliphatic rings. The molecule has 1 aliphatic heterocycles. The molecule has 2 aromatic heterocycles. The molecule has 3 heterocycles. The lowest BCUT2D eigenvalue weighted by Crippen LogP contribution is -2.29. The lowest BCUT2D eigenvalue weighted by Gasteiger charge is -2.15. The average Bonchev–Trinajstić information content (AvgIpc) is 3.19. The molecule has 0 saturated carbocycles. The Labute approximate surface area is 170 Å². The topological polar surface area (TPSA) is 77.4 Å². The van der Waals surface area contributed by atoms with Crippen LogP contribution in [0.15, 0.2) is 49.3 Å². The summed E-state index contributed by atoms with van der Waals surface area (Å²) in [7, 11) is 0. The third-order valence-electron chi connectivity index (χ3n) is 4.45. The summed E-state index contributed by atoms with van der Waals surface area (Å²) in [5.74, 6) is 0.217. The number of rotatable bonds is 5. The van der Waals surface area contributed by atoms with Gasteiger partial charge >= 0.3 is 0 Å². The van der Waals surface area contributed by atoms with Crippen LogP contribution < -0.4 is 9.47 Å². The highest BCUT2D eigenvalue weighted by atomic mass is 35.5. The maximum absolute atomic E-state index is 13.4. The second-order valence-corrected chi connectivity index (χ2v) is 6.80. The third kappa shape index (κ3) is 4.12. The van der Waals surface area contributed by atoms with E-state index in [1.807, 2.05) is 0 Å². The first kappa shape index (κ1) is 19.1. The number of carbonyl (C=O) groups is 1. The smallest absolute Gasteiger partial charge is 0.249 e. The molecule has 7 nitrogen and oxygen atoms in total. The molecule has 0 radical (unpaired) electrons. The van der Waals surface area contributed by atoms with E-state index >= 15 is 0 Å². The highest BCUT2D eigenvalue weighted by Gasteiger charge is 2.26. The van der Waals surface area contributed by atoms with Crippen LogP contribution in [0.5, 0.6) is 17.5 Å². The average molecular weight is 415 g/mol. The molecule has 4 rings (SSSR count). The Balaban J connectivity index is 1.57. The van der Waals surface area contributed by atoms with Gasteiger partial charge in [0.1, 0.15) is 24.0 Å². The summed E-state index contributed by atoms with van der Waals surface area (Å²) in [6.07, 6.45) is 3.16. The molecule has 1 amide bonds. The first-order valence-electron chi connectivity index (χ1n) is 8.86. The van der Waals surface area contributed by atoms with Crippen molar-refractivity contribution in [3.05, 3.63) is 60.2 Å². The van der Waals surface area contributed by atoms with Gasteiger partial charge in [0.05, 0.1) is 17.1 Å². The predicted octanol–water partition coefficient (Wildman–Crippen LogP) is 3.78. The third-order valence-corrected chi connectivity index (χ3v) is 4.74. The minimum atomic E-state index is -0.541. The largest absolute Gasteiger partial charge is 0.472 e. The second kappa shape index (κ2) is 8.00. The fraction of sp³-hybridized carbons (Fsp3) is 0.200. The molecule has 1 unspecified atom stereocenters. The van der Waals surface area contributed by atoms with Crippen molar-refractivity contribution in [1.29, 1.82) is 0 Å². The molecule has 0 bridgehead atoms. The summed E-state index contributed by atoms with van der Waals surface area (Å²) < 4.78 is 25.0. The molecule has 0 aliphatic carbocycles. The fourth-order valence-electron chi connectivity index (χ4n) is 3.02. The zero-order chi connectivity index (χ0) is 20.4. The maximum Gasteiger partial charge on any atom is 0.249 e. The van der Waals surface area contributed by atoms with Gasteiger partial charge in [0.15, 0.2) is 5.52 Å². The van der Waals surface area contributed by atoms with E-state index in [4.69, 9.17) is 21.1 Å². The Morgan fingerprint density at radius 2 is 2.17 bits per heavy atom. The summed E-state index contributed by atoms with van der Waals surface area (Å²) in [4.78, 5) is 26.2. The van der Waals surface area contributed by atoms with E-state index in [1.165, 1.54) is 30.6 Å². The van der Waals surface area contributed by atoms with Crippen LogP contribution in [0.25, 0.3) is 11.0 Å². The number of amides is 1. The van der Waals surface area contributed by atoms with Gasteiger partial charge in [-0.25, -0.2) is 14.4 Å². The Morgan fingerprint density at radius 1 is 1.31 bits per heavy atom. The van der Waals surface area contributed by atoms with E-state index in [9.17, 15) is 9.18 Å². The molecule has 9 heteroatoms. The number of fused-ring (bicyclic) bond motifs is 1. The monoisotopic (exact) mass is 414 g/mol. The zero-order valence-electron chi connectivity index (χ0n) is 15.2. The van der Waals surface area contributed by atoms with Crippen LogP contribution in [0, 0.1) is 5.82 Å². The molecule has 29 heavy (non-hydrogen) atoms. The van der Waals surface area contributed by atoms with Crippen LogP contribution in [-0.2, 0) is 4.79 Å². The van der Waals surface area contributed by atoms with E-state index in [0.29, 0.717) is 42.2 Å². The number of likely N-dealkylation sites (tertiary alicyclic amines) is 1. The Morgan fingerprint density at radius 3 is 2.97 bits per heavy atom. The van der Waals surface area contributed by atoms with Crippen molar-refractivity contribution < 1.29 is 18.7 Å². The van der Waals surface area contributed by atoms with Crippen LogP contribution in [0.1, 0.15) is 6.42 Å². The van der Waals surface area contributed by atoms with Crippen molar-refractivity contribution in [2.45, 2.75) is 12.5 Å². The molecule has 3 aromatic rings. The molecule has 1 aromatic carbocycles. The Bertz CT molecular complexity index is 1090. The summed E-state index contributed by atoms with van der Waals surface area (Å²) in [5.41, 5.74) is 0.952. The Kier molecular flexibility index (Phi) is 5.26. The molecule has 0 spiro atoms. The standard InChI is InChI=1S/C20H16ClFN4O3/c1-2-18(27)26-8-7-13(10-26)28-17-6-5-16-19(25-17)20(24-11-23-16)29-12-3-4-15(22)14(21)9-12/h2-6,9,11,13H,1,7-8,10H2. The van der Waals surface area contributed by atoms with Gasteiger partial charge in [-0.05, 0) is 24.3 Å². The second-order valence-electron chi connectivity index (χ2n) is 6.39. The fourth-order valence-corrected chi connectivity index (χ4v) is 3.19. The molecular weight excluding hydrogens is 399 g/mol. The number of aromatic nitrogens is 3. The van der Waals surface area contributed by atoms with Crippen molar-refractivity contribution in [1.82, 2.24) is 19.9 Å². The van der Waals surface area contributed by atoms with Crippen molar-refractivity contribution in [2.75, 3.05) is 13.1 Å². The number of hydrogen-bond donors (Lipinski definition) is 0. The van der Waals surface area contributed by atoms with Crippen LogP contribution in [0.4, 0.5) is 4.39 Å². The van der Waals surface area contributed by atoms with Crippen molar-refractivity contribution in [3.63, 3.8) is 0 Å². The summed E-state index contributed by atoms with van der Waals surface area (Å²) >= 11 is 5.81. The van der Waals surface area contributed by atoms with Gasteiger partial charge < -0.3 is 14.4 Å². The summed E-state index contributed by atoms with van der Waals surface area (Å²) in [6, 6.07) is 7.45. The molecule has 0 N–H and O–H groups in total. The molecular formula is C20H16ClFN4O3. The van der Waals surface area contributed by atoms with Gasteiger partial charge in [-0.2, -0.15) is 4.98 Å². The van der Waals surface area contributed by atoms with Crippen LogP contribution >= 0.6 is 11.6 Å². The van der Waals surface area contributed by atoms with Crippen LogP contribution in [0.3, 0.4) is 0 Å². The Hall–Kier alpha value is -3.26. The lowest BCUT2D eigenvalue weighted by molar-refractivity contribution is -0.125. The summed E-state index contributed by atoms with van der Waals surface area (Å²) in [6.45, 7) is 4.57. The van der Waals surface area contributed by atoms with Gasteiger partial charge in [-0.15, -0.1) is 0 Å². The number of carbonyl (C=O) groups excluding carboxylic acids is 1. The van der Waals surface area contributed by atoms with E-state index in [-0.39, 0.29) is 22.9 Å². The van der Waals surface area contributed by atoms with Crippen LogP contribution in [0.2, 0.25) is 5.02 Å². The first-order chi connectivity index (χ1) is 14.0. The van der Waals surface area contributed by atoms with E-state index in [1.54, 1.807) is 17.0 Å². The van der Waals surface area contributed by atoms with Gasteiger partial charge in [-0.3, -0.25) is 4.79 Å². The normalized spacial score (nSPS) is 16.1. The molecule has 1 atom stereocenters. The number of halogens is 2. The number of nitrogens with zero attached hydrogens (tertiary/aromatic N) is 4. The van der Waals surface area contributed by atoms with Gasteiger partial charge in [0.2, 0.25) is 17.7 Å². The highest BCUT2D eigenvalue weighted by Crippen LogP contribution is 2.29. The zero-order valence-corrected chi connectivity index (χ0v) is 16.0. The number of ether oxygens (including phenoxy) is 2. The number of benzene rings is 1.